The number of benzene rings is 2. The lowest BCUT2D eigenvalue weighted by atomic mass is 10.1. The number of allylic oxidation sites excluding steroid dienone is 4. The summed E-state index contributed by atoms with van der Waals surface area (Å²) in [6.07, 6.45) is 16.5. The largest absolute Gasteiger partial charge is 0.457 e. The van der Waals surface area contributed by atoms with Crippen molar-refractivity contribution in [1.29, 1.82) is 0 Å². The van der Waals surface area contributed by atoms with E-state index in [4.69, 9.17) is 4.74 Å². The molecule has 0 aliphatic carbocycles. The summed E-state index contributed by atoms with van der Waals surface area (Å²) in [4.78, 5) is 0. The predicted molar refractivity (Wildman–Crippen MR) is 110 cm³/mol. The van der Waals surface area contributed by atoms with Crippen molar-refractivity contribution in [3.63, 3.8) is 0 Å². The molecular weight excluding hydrogens is 304 g/mol. The molecule has 0 heterocycles. The maximum absolute atomic E-state index is 5.90. The molecule has 0 saturated heterocycles. The van der Waals surface area contributed by atoms with Crippen molar-refractivity contribution >= 4 is 12.2 Å². The summed E-state index contributed by atoms with van der Waals surface area (Å²) >= 11 is 0. The first kappa shape index (κ1) is 18.5. The molecule has 0 amide bonds. The maximum atomic E-state index is 5.90. The van der Waals surface area contributed by atoms with Gasteiger partial charge < -0.3 is 4.74 Å². The maximum Gasteiger partial charge on any atom is 0.127 e. The fourth-order valence-corrected chi connectivity index (χ4v) is 2.30. The Morgan fingerprint density at radius 1 is 0.600 bits per heavy atom. The Hall–Kier alpha value is -2.80. The van der Waals surface area contributed by atoms with E-state index >= 15 is 0 Å². The van der Waals surface area contributed by atoms with E-state index < -0.39 is 0 Å². The van der Waals surface area contributed by atoms with Crippen LogP contribution < -0.4 is 4.74 Å². The van der Waals surface area contributed by atoms with E-state index in [1.54, 1.807) is 0 Å². The molecule has 1 nitrogen and oxygen atoms in total. The minimum absolute atomic E-state index is 0.845. The van der Waals surface area contributed by atoms with Gasteiger partial charge in [0.15, 0.2) is 0 Å². The minimum atomic E-state index is 0.845. The van der Waals surface area contributed by atoms with E-state index in [2.05, 4.69) is 61.7 Å². The van der Waals surface area contributed by atoms with Crippen LogP contribution >= 0.6 is 0 Å². The Kier molecular flexibility index (Phi) is 8.07. The highest BCUT2D eigenvalue weighted by Gasteiger charge is 1.97. The zero-order valence-corrected chi connectivity index (χ0v) is 14.7. The molecule has 0 aliphatic rings. The molecule has 0 N–H and O–H groups in total. The third-order valence-electron chi connectivity index (χ3n) is 3.69. The Balaban J connectivity index is 1.89. The summed E-state index contributed by atoms with van der Waals surface area (Å²) in [7, 11) is 0. The van der Waals surface area contributed by atoms with Crippen molar-refractivity contribution in [3.8, 4) is 11.5 Å². The average molecular weight is 330 g/mol. The van der Waals surface area contributed by atoms with Crippen LogP contribution in [0.15, 0.2) is 86.0 Å². The van der Waals surface area contributed by atoms with Gasteiger partial charge in [-0.05, 0) is 61.1 Å². The molecule has 25 heavy (non-hydrogen) atoms. The molecule has 0 spiro atoms. The first-order valence-electron chi connectivity index (χ1n) is 8.74. The van der Waals surface area contributed by atoms with Crippen molar-refractivity contribution in [1.82, 2.24) is 0 Å². The van der Waals surface area contributed by atoms with Gasteiger partial charge in [-0.2, -0.15) is 0 Å². The highest BCUT2D eigenvalue weighted by Crippen LogP contribution is 2.23. The molecule has 0 aliphatic heterocycles. The molecule has 0 bridgehead atoms. The van der Waals surface area contributed by atoms with Gasteiger partial charge in [-0.15, -0.1) is 13.2 Å². The fraction of sp³-hybridized carbons (Fsp3) is 0.167. The Labute approximate surface area is 151 Å². The minimum Gasteiger partial charge on any atom is -0.457 e. The standard InChI is InChI=1S/C24H26O/c1-3-5-7-9-11-21-13-17-23(18-14-21)25-24-19-15-22(16-20-24)12-10-8-6-4-2/h3-4,9-20H,1-2,5-8H2. The van der Waals surface area contributed by atoms with Crippen LogP contribution in [0.2, 0.25) is 0 Å². The van der Waals surface area contributed by atoms with Gasteiger partial charge in [0.1, 0.15) is 11.5 Å². The number of hydrogen-bond acceptors (Lipinski definition) is 1. The topological polar surface area (TPSA) is 9.23 Å². The molecule has 2 rings (SSSR count). The second kappa shape index (κ2) is 10.9. The van der Waals surface area contributed by atoms with Crippen LogP contribution in [0.5, 0.6) is 11.5 Å². The molecule has 0 atom stereocenters. The molecule has 2 aromatic rings. The van der Waals surface area contributed by atoms with E-state index in [0.29, 0.717) is 0 Å². The Morgan fingerprint density at radius 3 is 1.36 bits per heavy atom. The summed E-state index contributed by atoms with van der Waals surface area (Å²) in [5.74, 6) is 1.69. The second-order valence-corrected chi connectivity index (χ2v) is 5.78. The number of rotatable bonds is 10. The van der Waals surface area contributed by atoms with Gasteiger partial charge in [0.05, 0.1) is 0 Å². The summed E-state index contributed by atoms with van der Waals surface area (Å²) in [6, 6.07) is 16.2. The Bertz CT molecular complexity index is 639. The molecule has 0 unspecified atom stereocenters. The van der Waals surface area contributed by atoms with Gasteiger partial charge in [-0.3, -0.25) is 0 Å². The third-order valence-corrected chi connectivity index (χ3v) is 3.69. The first-order chi connectivity index (χ1) is 12.3. The van der Waals surface area contributed by atoms with E-state index in [-0.39, 0.29) is 0 Å². The van der Waals surface area contributed by atoms with Crippen molar-refractivity contribution in [3.05, 3.63) is 97.1 Å². The van der Waals surface area contributed by atoms with Gasteiger partial charge in [0.25, 0.3) is 0 Å². The van der Waals surface area contributed by atoms with Gasteiger partial charge in [0.2, 0.25) is 0 Å². The zero-order chi connectivity index (χ0) is 17.7. The van der Waals surface area contributed by atoms with Crippen molar-refractivity contribution < 1.29 is 4.74 Å². The first-order valence-corrected chi connectivity index (χ1v) is 8.74. The summed E-state index contributed by atoms with van der Waals surface area (Å²) in [5.41, 5.74) is 2.35. The summed E-state index contributed by atoms with van der Waals surface area (Å²) in [6.45, 7) is 7.45. The van der Waals surface area contributed by atoms with Crippen LogP contribution in [-0.2, 0) is 0 Å². The van der Waals surface area contributed by atoms with Crippen LogP contribution in [0.4, 0.5) is 0 Å². The van der Waals surface area contributed by atoms with Crippen LogP contribution in [0.25, 0.3) is 12.2 Å². The van der Waals surface area contributed by atoms with Crippen LogP contribution in [0.1, 0.15) is 36.8 Å². The lowest BCUT2D eigenvalue weighted by molar-refractivity contribution is 0.482. The summed E-state index contributed by atoms with van der Waals surface area (Å²) < 4.78 is 5.90. The van der Waals surface area contributed by atoms with Crippen molar-refractivity contribution in [2.45, 2.75) is 25.7 Å². The zero-order valence-electron chi connectivity index (χ0n) is 14.7. The van der Waals surface area contributed by atoms with E-state index in [0.717, 1.165) is 37.2 Å². The normalized spacial score (nSPS) is 11.0. The number of ether oxygens (including phenoxy) is 1. The number of unbranched alkanes of at least 4 members (excludes halogenated alkanes) is 2. The molecule has 0 aromatic heterocycles. The van der Waals surface area contributed by atoms with Crippen molar-refractivity contribution in [2.75, 3.05) is 0 Å². The summed E-state index contributed by atoms with van der Waals surface area (Å²) in [5, 5.41) is 0. The highest BCUT2D eigenvalue weighted by atomic mass is 16.5. The molecule has 1 heteroatoms. The average Bonchev–Trinajstić information content (AvgIpc) is 2.65. The Morgan fingerprint density at radius 2 is 1.00 bits per heavy atom. The van der Waals surface area contributed by atoms with Gasteiger partial charge in [-0.1, -0.05) is 60.7 Å². The lowest BCUT2D eigenvalue weighted by Crippen LogP contribution is -1.84. The quantitative estimate of drug-likeness (QED) is 0.325. The second-order valence-electron chi connectivity index (χ2n) is 5.78. The molecule has 0 saturated carbocycles. The van der Waals surface area contributed by atoms with Crippen molar-refractivity contribution in [2.24, 2.45) is 0 Å². The van der Waals surface area contributed by atoms with Crippen LogP contribution in [0, 0.1) is 0 Å². The molecular formula is C24H26O. The SMILES string of the molecule is C=CCCC=Cc1ccc(Oc2ccc(C=CCCC=C)cc2)cc1. The van der Waals surface area contributed by atoms with E-state index in [9.17, 15) is 0 Å². The molecule has 0 fully saturated rings. The number of hydrogen-bond donors (Lipinski definition) is 0. The lowest BCUT2D eigenvalue weighted by Gasteiger charge is -2.06. The third kappa shape index (κ3) is 7.09. The van der Waals surface area contributed by atoms with E-state index in [1.807, 2.05) is 36.4 Å². The van der Waals surface area contributed by atoms with Crippen LogP contribution in [0.3, 0.4) is 0 Å². The molecule has 0 radical (unpaired) electrons. The smallest absolute Gasteiger partial charge is 0.127 e. The van der Waals surface area contributed by atoms with Gasteiger partial charge in [0, 0.05) is 0 Å². The predicted octanol–water partition coefficient (Wildman–Crippen LogP) is 7.44. The molecule has 2 aromatic carbocycles. The van der Waals surface area contributed by atoms with Gasteiger partial charge in [-0.25, -0.2) is 0 Å². The molecule has 128 valence electrons. The van der Waals surface area contributed by atoms with E-state index in [1.165, 1.54) is 11.1 Å². The van der Waals surface area contributed by atoms with Crippen LogP contribution in [-0.4, -0.2) is 0 Å². The highest BCUT2D eigenvalue weighted by molar-refractivity contribution is 5.52. The fourth-order valence-electron chi connectivity index (χ4n) is 2.30. The monoisotopic (exact) mass is 330 g/mol. The van der Waals surface area contributed by atoms with Gasteiger partial charge >= 0.3 is 0 Å².